The van der Waals surface area contributed by atoms with E-state index in [9.17, 15) is 4.79 Å². The number of fused-ring (bicyclic) bond motifs is 1. The molecule has 1 aromatic heterocycles. The lowest BCUT2D eigenvalue weighted by Crippen LogP contribution is -2.38. The standard InChI is InChI=1S/C11H14N4O.ClH/c1-7(6-12)13-11(16)10-8-4-2-3-5-9(8)14-15-10;/h2-5,7H,6,12H2,1H3,(H,13,16)(H,14,15);1H/t7-;/m1./s1. The number of rotatable bonds is 3. The molecular weight excluding hydrogens is 240 g/mol. The number of nitrogens with two attached hydrogens (primary N) is 1. The third-order valence-corrected chi connectivity index (χ3v) is 2.42. The maximum Gasteiger partial charge on any atom is 0.272 e. The highest BCUT2D eigenvalue weighted by atomic mass is 35.5. The zero-order valence-electron chi connectivity index (χ0n) is 9.43. The summed E-state index contributed by atoms with van der Waals surface area (Å²) in [5, 5.41) is 10.4. The number of nitrogens with zero attached hydrogens (tertiary/aromatic N) is 1. The summed E-state index contributed by atoms with van der Waals surface area (Å²) in [7, 11) is 0. The number of hydrogen-bond donors (Lipinski definition) is 3. The number of aromatic nitrogens is 2. The van der Waals surface area contributed by atoms with E-state index in [2.05, 4.69) is 15.5 Å². The highest BCUT2D eigenvalue weighted by Crippen LogP contribution is 2.14. The van der Waals surface area contributed by atoms with Gasteiger partial charge in [0.2, 0.25) is 0 Å². The number of carbonyl (C=O) groups is 1. The molecule has 0 fully saturated rings. The largest absolute Gasteiger partial charge is 0.347 e. The minimum Gasteiger partial charge on any atom is -0.347 e. The SMILES string of the molecule is C[C@H](CN)NC(=O)c1n[nH]c2ccccc12.Cl. The van der Waals surface area contributed by atoms with Gasteiger partial charge in [-0.05, 0) is 13.0 Å². The lowest BCUT2D eigenvalue weighted by atomic mass is 10.2. The number of hydrogen-bond acceptors (Lipinski definition) is 3. The van der Waals surface area contributed by atoms with Crippen LogP contribution in [0.25, 0.3) is 10.9 Å². The smallest absolute Gasteiger partial charge is 0.272 e. The van der Waals surface area contributed by atoms with Gasteiger partial charge in [0.25, 0.3) is 5.91 Å². The van der Waals surface area contributed by atoms with Crippen LogP contribution in [0, 0.1) is 0 Å². The third kappa shape index (κ3) is 2.75. The van der Waals surface area contributed by atoms with Crippen molar-refractivity contribution < 1.29 is 4.79 Å². The normalized spacial score (nSPS) is 11.9. The summed E-state index contributed by atoms with van der Waals surface area (Å²) < 4.78 is 0. The molecule has 17 heavy (non-hydrogen) atoms. The molecule has 0 aliphatic carbocycles. The highest BCUT2D eigenvalue weighted by Gasteiger charge is 2.14. The van der Waals surface area contributed by atoms with E-state index in [4.69, 9.17) is 5.73 Å². The summed E-state index contributed by atoms with van der Waals surface area (Å²) in [5.74, 6) is -0.199. The molecule has 2 aromatic rings. The van der Waals surface area contributed by atoms with Gasteiger partial charge in [0.1, 0.15) is 0 Å². The maximum atomic E-state index is 11.8. The zero-order valence-corrected chi connectivity index (χ0v) is 10.3. The number of nitrogens with one attached hydrogen (secondary N) is 2. The van der Waals surface area contributed by atoms with E-state index in [0.29, 0.717) is 12.2 Å². The predicted octanol–water partition coefficient (Wildman–Crippen LogP) is 1.06. The molecule has 1 amide bonds. The molecule has 0 spiro atoms. The van der Waals surface area contributed by atoms with Crippen LogP contribution >= 0.6 is 12.4 Å². The van der Waals surface area contributed by atoms with Crippen molar-refractivity contribution in [1.29, 1.82) is 0 Å². The van der Waals surface area contributed by atoms with Crippen LogP contribution in [-0.4, -0.2) is 28.7 Å². The van der Waals surface area contributed by atoms with Crippen molar-refractivity contribution in [2.45, 2.75) is 13.0 Å². The van der Waals surface area contributed by atoms with Gasteiger partial charge in [-0.15, -0.1) is 12.4 Å². The second-order valence-corrected chi connectivity index (χ2v) is 3.73. The molecule has 0 bridgehead atoms. The molecule has 2 rings (SSSR count). The molecule has 0 saturated carbocycles. The average Bonchev–Trinajstić information content (AvgIpc) is 2.72. The molecule has 0 aliphatic heterocycles. The van der Waals surface area contributed by atoms with Crippen LogP contribution in [0.4, 0.5) is 0 Å². The number of para-hydroxylation sites is 1. The van der Waals surface area contributed by atoms with Crippen LogP contribution < -0.4 is 11.1 Å². The quantitative estimate of drug-likeness (QED) is 0.766. The summed E-state index contributed by atoms with van der Waals surface area (Å²) in [4.78, 5) is 11.8. The molecule has 0 unspecified atom stereocenters. The predicted molar refractivity (Wildman–Crippen MR) is 69.3 cm³/mol. The molecule has 1 atom stereocenters. The number of benzene rings is 1. The number of amides is 1. The van der Waals surface area contributed by atoms with Crippen LogP contribution in [0.1, 0.15) is 17.4 Å². The number of H-pyrrole nitrogens is 1. The lowest BCUT2D eigenvalue weighted by Gasteiger charge is -2.09. The highest BCUT2D eigenvalue weighted by molar-refractivity contribution is 6.04. The zero-order chi connectivity index (χ0) is 11.5. The van der Waals surface area contributed by atoms with E-state index in [1.165, 1.54) is 0 Å². The van der Waals surface area contributed by atoms with E-state index in [0.717, 1.165) is 10.9 Å². The van der Waals surface area contributed by atoms with Crippen molar-refractivity contribution in [3.05, 3.63) is 30.0 Å². The van der Waals surface area contributed by atoms with Gasteiger partial charge in [0, 0.05) is 18.0 Å². The fourth-order valence-electron chi connectivity index (χ4n) is 1.49. The van der Waals surface area contributed by atoms with Crippen molar-refractivity contribution in [3.8, 4) is 0 Å². The summed E-state index contributed by atoms with van der Waals surface area (Å²) in [5.41, 5.74) is 6.71. The van der Waals surface area contributed by atoms with Gasteiger partial charge in [-0.2, -0.15) is 5.10 Å². The first-order valence-corrected chi connectivity index (χ1v) is 5.16. The van der Waals surface area contributed by atoms with Crippen LogP contribution in [0.3, 0.4) is 0 Å². The molecule has 1 aromatic carbocycles. The summed E-state index contributed by atoms with van der Waals surface area (Å²) in [6.07, 6.45) is 0. The van der Waals surface area contributed by atoms with E-state index in [-0.39, 0.29) is 24.4 Å². The molecular formula is C11H15ClN4O. The van der Waals surface area contributed by atoms with Crippen LogP contribution in [0.2, 0.25) is 0 Å². The Morgan fingerprint density at radius 1 is 1.53 bits per heavy atom. The first-order valence-electron chi connectivity index (χ1n) is 5.16. The summed E-state index contributed by atoms with van der Waals surface area (Å²) in [6, 6.07) is 7.46. The maximum absolute atomic E-state index is 11.8. The van der Waals surface area contributed by atoms with Crippen molar-refractivity contribution >= 4 is 29.2 Å². The van der Waals surface area contributed by atoms with Gasteiger partial charge >= 0.3 is 0 Å². The van der Waals surface area contributed by atoms with E-state index in [1.54, 1.807) is 0 Å². The Labute approximate surface area is 105 Å². The van der Waals surface area contributed by atoms with Gasteiger partial charge in [-0.1, -0.05) is 18.2 Å². The molecule has 4 N–H and O–H groups in total. The Morgan fingerprint density at radius 3 is 2.94 bits per heavy atom. The Balaban J connectivity index is 0.00000144. The van der Waals surface area contributed by atoms with Gasteiger partial charge < -0.3 is 11.1 Å². The number of halogens is 1. The van der Waals surface area contributed by atoms with Crippen LogP contribution in [0.5, 0.6) is 0 Å². The minimum atomic E-state index is -0.199. The van der Waals surface area contributed by atoms with Gasteiger partial charge in [0.15, 0.2) is 5.69 Å². The summed E-state index contributed by atoms with van der Waals surface area (Å²) >= 11 is 0. The van der Waals surface area contributed by atoms with Crippen LogP contribution in [-0.2, 0) is 0 Å². The van der Waals surface area contributed by atoms with Gasteiger partial charge in [-0.25, -0.2) is 0 Å². The van der Waals surface area contributed by atoms with Gasteiger partial charge in [-0.3, -0.25) is 9.89 Å². The minimum absolute atomic E-state index is 0. The Hall–Kier alpha value is -1.59. The monoisotopic (exact) mass is 254 g/mol. The molecule has 0 aliphatic rings. The van der Waals surface area contributed by atoms with Crippen molar-refractivity contribution in [3.63, 3.8) is 0 Å². The fraction of sp³-hybridized carbons (Fsp3) is 0.273. The second kappa shape index (κ2) is 5.65. The molecule has 0 radical (unpaired) electrons. The fourth-order valence-corrected chi connectivity index (χ4v) is 1.49. The summed E-state index contributed by atoms with van der Waals surface area (Å²) in [6.45, 7) is 2.26. The molecule has 0 saturated heterocycles. The first-order chi connectivity index (χ1) is 7.72. The van der Waals surface area contributed by atoms with Crippen LogP contribution in [0.15, 0.2) is 24.3 Å². The third-order valence-electron chi connectivity index (χ3n) is 2.42. The number of aromatic amines is 1. The molecule has 5 nitrogen and oxygen atoms in total. The Bertz CT molecular complexity index is 511. The van der Waals surface area contributed by atoms with Gasteiger partial charge in [0.05, 0.1) is 5.52 Å². The second-order valence-electron chi connectivity index (χ2n) is 3.73. The Morgan fingerprint density at radius 2 is 2.24 bits per heavy atom. The molecule has 1 heterocycles. The number of carbonyl (C=O) groups excluding carboxylic acids is 1. The van der Waals surface area contributed by atoms with E-state index < -0.39 is 0 Å². The first kappa shape index (κ1) is 13.5. The molecule has 6 heteroatoms. The van der Waals surface area contributed by atoms with E-state index >= 15 is 0 Å². The molecule has 92 valence electrons. The Kier molecular flexibility index (Phi) is 4.48. The lowest BCUT2D eigenvalue weighted by molar-refractivity contribution is 0.0938. The van der Waals surface area contributed by atoms with Crippen molar-refractivity contribution in [2.24, 2.45) is 5.73 Å². The van der Waals surface area contributed by atoms with Crippen molar-refractivity contribution in [1.82, 2.24) is 15.5 Å². The van der Waals surface area contributed by atoms with E-state index in [1.807, 2.05) is 31.2 Å². The average molecular weight is 255 g/mol. The van der Waals surface area contributed by atoms with Crippen molar-refractivity contribution in [2.75, 3.05) is 6.54 Å². The topological polar surface area (TPSA) is 83.8 Å².